The van der Waals surface area contributed by atoms with Gasteiger partial charge in [-0.15, -0.1) is 0 Å². The molecule has 106 valence electrons. The Morgan fingerprint density at radius 1 is 0.900 bits per heavy atom. The number of hydrogen-bond donors (Lipinski definition) is 0. The molecule has 3 atom stereocenters. The Morgan fingerprint density at radius 3 is 2.05 bits per heavy atom. The van der Waals surface area contributed by atoms with Gasteiger partial charge in [-0.1, -0.05) is 30.3 Å². The van der Waals surface area contributed by atoms with Gasteiger partial charge in [0.2, 0.25) is 0 Å². The third-order valence-corrected chi connectivity index (χ3v) is 5.75. The number of rotatable bonds is 5. The van der Waals surface area contributed by atoms with Crippen LogP contribution in [0.5, 0.6) is 0 Å². The molecule has 0 amide bonds. The van der Waals surface area contributed by atoms with Gasteiger partial charge < -0.3 is 0 Å². The highest BCUT2D eigenvalue weighted by Gasteiger charge is 2.62. The summed E-state index contributed by atoms with van der Waals surface area (Å²) in [5, 5.41) is 0. The number of hydrogen-bond acceptors (Lipinski definition) is 2. The van der Waals surface area contributed by atoms with E-state index in [0.29, 0.717) is 0 Å². The predicted octanol–water partition coefficient (Wildman–Crippen LogP) is 2.74. The first-order chi connectivity index (χ1) is 9.90. The molecule has 2 heteroatoms. The molecule has 1 saturated heterocycles. The van der Waals surface area contributed by atoms with E-state index < -0.39 is 0 Å². The molecule has 4 aliphatic rings. The van der Waals surface area contributed by atoms with Crippen molar-refractivity contribution in [1.29, 1.82) is 0 Å². The quantitative estimate of drug-likeness (QED) is 0.810. The molecule has 5 rings (SSSR count). The van der Waals surface area contributed by atoms with E-state index in [9.17, 15) is 0 Å². The lowest BCUT2D eigenvalue weighted by molar-refractivity contribution is 0.181. The summed E-state index contributed by atoms with van der Waals surface area (Å²) < 4.78 is 0. The van der Waals surface area contributed by atoms with Crippen LogP contribution in [0.15, 0.2) is 30.3 Å². The maximum Gasteiger partial charge on any atom is 0.0233 e. The Balaban J connectivity index is 1.21. The Morgan fingerprint density at radius 2 is 1.50 bits per heavy atom. The number of likely N-dealkylation sites (tertiary alicyclic amines) is 1. The van der Waals surface area contributed by atoms with Crippen LogP contribution in [-0.4, -0.2) is 41.0 Å². The number of fused-ring (bicyclic) bond motifs is 1. The first-order valence-corrected chi connectivity index (χ1v) is 8.44. The van der Waals surface area contributed by atoms with Gasteiger partial charge in [0, 0.05) is 37.8 Å². The first kappa shape index (κ1) is 11.8. The lowest BCUT2D eigenvalue weighted by Gasteiger charge is -2.27. The molecule has 20 heavy (non-hydrogen) atoms. The average molecular weight is 268 g/mol. The van der Waals surface area contributed by atoms with Crippen molar-refractivity contribution in [2.24, 2.45) is 11.8 Å². The molecule has 0 aromatic heterocycles. The Hall–Kier alpha value is -0.860. The van der Waals surface area contributed by atoms with E-state index in [-0.39, 0.29) is 0 Å². The molecule has 3 aliphatic carbocycles. The maximum absolute atomic E-state index is 2.95. The zero-order chi connectivity index (χ0) is 13.1. The van der Waals surface area contributed by atoms with E-state index in [4.69, 9.17) is 0 Å². The summed E-state index contributed by atoms with van der Waals surface area (Å²) in [6.07, 6.45) is 5.95. The van der Waals surface area contributed by atoms with Crippen LogP contribution < -0.4 is 0 Å². The molecule has 1 heterocycles. The van der Waals surface area contributed by atoms with Crippen LogP contribution in [0.3, 0.4) is 0 Å². The third kappa shape index (κ3) is 2.01. The molecule has 0 N–H and O–H groups in total. The van der Waals surface area contributed by atoms with Crippen LogP contribution in [0.1, 0.15) is 31.2 Å². The summed E-state index contributed by atoms with van der Waals surface area (Å²) in [6.45, 7) is 3.85. The van der Waals surface area contributed by atoms with Gasteiger partial charge in [-0.25, -0.2) is 0 Å². The van der Waals surface area contributed by atoms with Crippen LogP contribution in [0.4, 0.5) is 0 Å². The average Bonchev–Trinajstić information content (AvgIpc) is 3.35. The smallest absolute Gasteiger partial charge is 0.0233 e. The van der Waals surface area contributed by atoms with Crippen molar-refractivity contribution < 1.29 is 0 Å². The molecule has 2 nitrogen and oxygen atoms in total. The largest absolute Gasteiger partial charge is 0.298 e. The van der Waals surface area contributed by atoms with Gasteiger partial charge in [0.15, 0.2) is 0 Å². The highest BCUT2D eigenvalue weighted by molar-refractivity contribution is 5.18. The van der Waals surface area contributed by atoms with Crippen LogP contribution in [0.2, 0.25) is 0 Å². The summed E-state index contributed by atoms with van der Waals surface area (Å²) in [7, 11) is 0. The van der Waals surface area contributed by atoms with Crippen molar-refractivity contribution in [3.05, 3.63) is 35.9 Å². The molecule has 1 unspecified atom stereocenters. The highest BCUT2D eigenvalue weighted by Crippen LogP contribution is 2.55. The minimum Gasteiger partial charge on any atom is -0.298 e. The second kappa shape index (κ2) is 4.32. The van der Waals surface area contributed by atoms with Crippen molar-refractivity contribution in [3.8, 4) is 0 Å². The number of nitrogens with zero attached hydrogens (tertiary/aromatic N) is 2. The SMILES string of the molecule is c1ccc(CN2C[C@@H]3C(N(C4CC4)C4CC4)[C@@H]3C2)cc1. The minimum atomic E-state index is 0.974. The molecule has 1 aromatic carbocycles. The maximum atomic E-state index is 2.95. The zero-order valence-corrected chi connectivity index (χ0v) is 12.1. The van der Waals surface area contributed by atoms with Gasteiger partial charge in [-0.3, -0.25) is 9.80 Å². The molecular weight excluding hydrogens is 244 g/mol. The Bertz CT molecular complexity index is 467. The third-order valence-electron chi connectivity index (χ3n) is 5.75. The van der Waals surface area contributed by atoms with Crippen LogP contribution in [0.25, 0.3) is 0 Å². The number of benzene rings is 1. The van der Waals surface area contributed by atoms with E-state index in [0.717, 1.165) is 36.5 Å². The van der Waals surface area contributed by atoms with Crippen LogP contribution in [-0.2, 0) is 6.54 Å². The fourth-order valence-electron chi connectivity index (χ4n) is 4.53. The summed E-state index contributed by atoms with van der Waals surface area (Å²) in [6, 6.07) is 13.9. The van der Waals surface area contributed by atoms with Crippen LogP contribution >= 0.6 is 0 Å². The van der Waals surface area contributed by atoms with Crippen molar-refractivity contribution in [1.82, 2.24) is 9.80 Å². The lowest BCUT2D eigenvalue weighted by atomic mass is 10.2. The zero-order valence-electron chi connectivity index (χ0n) is 12.1. The van der Waals surface area contributed by atoms with E-state index in [1.807, 2.05) is 0 Å². The molecule has 1 aromatic rings. The van der Waals surface area contributed by atoms with Gasteiger partial charge in [0.25, 0.3) is 0 Å². The van der Waals surface area contributed by atoms with Gasteiger partial charge in [-0.2, -0.15) is 0 Å². The lowest BCUT2D eigenvalue weighted by Crippen LogP contribution is -2.37. The molecule has 0 spiro atoms. The van der Waals surface area contributed by atoms with Gasteiger partial charge >= 0.3 is 0 Å². The molecule has 3 saturated carbocycles. The fourth-order valence-corrected chi connectivity index (χ4v) is 4.53. The van der Waals surface area contributed by atoms with E-state index in [1.54, 1.807) is 0 Å². The van der Waals surface area contributed by atoms with E-state index >= 15 is 0 Å². The van der Waals surface area contributed by atoms with E-state index in [2.05, 4.69) is 40.1 Å². The van der Waals surface area contributed by atoms with Crippen molar-refractivity contribution in [2.45, 2.75) is 50.4 Å². The number of piperidine rings is 1. The normalized spacial score (nSPS) is 36.4. The van der Waals surface area contributed by atoms with Gasteiger partial charge in [0.05, 0.1) is 0 Å². The highest BCUT2D eigenvalue weighted by atomic mass is 15.3. The monoisotopic (exact) mass is 268 g/mol. The summed E-state index contributed by atoms with van der Waals surface area (Å²) in [5.41, 5.74) is 1.48. The molecule has 1 aliphatic heterocycles. The second-order valence-electron chi connectivity index (χ2n) is 7.41. The minimum absolute atomic E-state index is 0.974. The van der Waals surface area contributed by atoms with E-state index in [1.165, 1.54) is 44.3 Å². The molecular formula is C18H24N2. The second-order valence-corrected chi connectivity index (χ2v) is 7.41. The summed E-state index contributed by atoms with van der Waals surface area (Å²) in [5.74, 6) is 2.00. The van der Waals surface area contributed by atoms with Gasteiger partial charge in [0.1, 0.15) is 0 Å². The first-order valence-electron chi connectivity index (χ1n) is 8.44. The molecule has 4 fully saturated rings. The summed E-state index contributed by atoms with van der Waals surface area (Å²) in [4.78, 5) is 5.63. The topological polar surface area (TPSA) is 6.48 Å². The molecule has 0 radical (unpaired) electrons. The predicted molar refractivity (Wildman–Crippen MR) is 80.4 cm³/mol. The Kier molecular flexibility index (Phi) is 2.54. The standard InChI is InChI=1S/C18H24N2/c1-2-4-13(5-3-1)10-19-11-16-17(12-19)18(16)20(14-6-7-14)15-8-9-15/h1-5,14-18H,6-12H2/t16-,17+,18?. The van der Waals surface area contributed by atoms with Crippen molar-refractivity contribution in [2.75, 3.05) is 13.1 Å². The fraction of sp³-hybridized carbons (Fsp3) is 0.667. The van der Waals surface area contributed by atoms with Crippen molar-refractivity contribution in [3.63, 3.8) is 0 Å². The molecule has 0 bridgehead atoms. The Labute approximate surface area is 121 Å². The van der Waals surface area contributed by atoms with Crippen molar-refractivity contribution >= 4 is 0 Å². The summed E-state index contributed by atoms with van der Waals surface area (Å²) >= 11 is 0. The van der Waals surface area contributed by atoms with Crippen LogP contribution in [0, 0.1) is 11.8 Å². The van der Waals surface area contributed by atoms with Gasteiger partial charge in [-0.05, 0) is 43.1 Å².